The van der Waals surface area contributed by atoms with Gasteiger partial charge < -0.3 is 10.2 Å². The molecule has 0 radical (unpaired) electrons. The molecular weight excluding hydrogens is 358 g/mol. The maximum Gasteiger partial charge on any atom is 0.273 e. The van der Waals surface area contributed by atoms with Crippen molar-refractivity contribution in [2.45, 2.75) is 32.4 Å². The molecule has 2 aromatic heterocycles. The van der Waals surface area contributed by atoms with Crippen LogP contribution in [0.15, 0.2) is 48.1 Å². The predicted octanol–water partition coefficient (Wildman–Crippen LogP) is 3.21. The Hall–Kier alpha value is -2.51. The Morgan fingerprint density at radius 1 is 1.33 bits per heavy atom. The van der Waals surface area contributed by atoms with E-state index in [0.29, 0.717) is 5.69 Å². The van der Waals surface area contributed by atoms with Crippen LogP contribution < -0.4 is 5.32 Å². The van der Waals surface area contributed by atoms with E-state index in [1.165, 1.54) is 11.3 Å². The molecule has 140 valence electrons. The lowest BCUT2D eigenvalue weighted by molar-refractivity contribution is 0.0621. The van der Waals surface area contributed by atoms with Crippen molar-refractivity contribution in [2.24, 2.45) is 0 Å². The van der Waals surface area contributed by atoms with E-state index in [4.69, 9.17) is 0 Å². The summed E-state index contributed by atoms with van der Waals surface area (Å²) in [5.74, 6) is 0.0108. The van der Waals surface area contributed by atoms with Crippen LogP contribution in [0.5, 0.6) is 0 Å². The number of nitrogens with one attached hydrogen (secondary N) is 1. The van der Waals surface area contributed by atoms with Crippen molar-refractivity contribution >= 4 is 17.2 Å². The summed E-state index contributed by atoms with van der Waals surface area (Å²) in [4.78, 5) is 19.6. The van der Waals surface area contributed by atoms with Crippen molar-refractivity contribution in [2.75, 3.05) is 13.1 Å². The maximum absolute atomic E-state index is 13.1. The van der Waals surface area contributed by atoms with Crippen LogP contribution in [-0.4, -0.2) is 50.7 Å². The molecule has 1 N–H and O–H groups in total. The van der Waals surface area contributed by atoms with Gasteiger partial charge >= 0.3 is 0 Å². The van der Waals surface area contributed by atoms with Gasteiger partial charge in [0.05, 0.1) is 11.9 Å². The molecule has 3 heterocycles. The summed E-state index contributed by atoms with van der Waals surface area (Å²) in [6, 6.07) is 10.3. The third-order valence-electron chi connectivity index (χ3n) is 4.79. The number of carbonyl (C=O) groups excluding carboxylic acids is 1. The zero-order valence-corrected chi connectivity index (χ0v) is 16.3. The molecule has 1 atom stereocenters. The number of thiazole rings is 1. The van der Waals surface area contributed by atoms with Crippen LogP contribution in [0.3, 0.4) is 0 Å². The van der Waals surface area contributed by atoms with Crippen LogP contribution in [0.1, 0.15) is 30.8 Å². The fourth-order valence-corrected chi connectivity index (χ4v) is 4.26. The number of amides is 1. The Morgan fingerprint density at radius 3 is 2.85 bits per heavy atom. The Morgan fingerprint density at radius 2 is 2.15 bits per heavy atom. The third-order valence-corrected chi connectivity index (χ3v) is 5.68. The molecule has 7 heteroatoms. The van der Waals surface area contributed by atoms with Crippen LogP contribution in [0.4, 0.5) is 0 Å². The van der Waals surface area contributed by atoms with E-state index in [0.717, 1.165) is 35.8 Å². The topological polar surface area (TPSA) is 63.1 Å². The minimum Gasteiger partial charge on any atom is -0.331 e. The number of nitrogens with zero attached hydrogens (tertiary/aromatic N) is 4. The average molecular weight is 382 g/mol. The molecule has 1 unspecified atom stereocenters. The molecule has 1 aliphatic heterocycles. The lowest BCUT2D eigenvalue weighted by atomic mass is 10.1. The second kappa shape index (κ2) is 7.62. The molecule has 0 spiro atoms. The van der Waals surface area contributed by atoms with Gasteiger partial charge in [-0.3, -0.25) is 4.79 Å². The molecule has 1 fully saturated rings. The van der Waals surface area contributed by atoms with Crippen LogP contribution in [0.2, 0.25) is 0 Å². The largest absolute Gasteiger partial charge is 0.331 e. The molecule has 4 rings (SSSR count). The highest BCUT2D eigenvalue weighted by Crippen LogP contribution is 2.26. The normalized spacial score (nSPS) is 16.8. The average Bonchev–Trinajstić information content (AvgIpc) is 3.42. The van der Waals surface area contributed by atoms with Gasteiger partial charge in [0, 0.05) is 35.8 Å². The number of benzene rings is 1. The zero-order valence-electron chi connectivity index (χ0n) is 15.5. The number of hydrogen-bond donors (Lipinski definition) is 1. The maximum atomic E-state index is 13.1. The lowest BCUT2D eigenvalue weighted by Gasteiger charge is -2.31. The van der Waals surface area contributed by atoms with Gasteiger partial charge in [-0.25, -0.2) is 9.67 Å². The van der Waals surface area contributed by atoms with E-state index in [1.54, 1.807) is 6.20 Å². The monoisotopic (exact) mass is 381 g/mol. The predicted molar refractivity (Wildman–Crippen MR) is 107 cm³/mol. The SMILES string of the molecule is CC(C)N(C(=O)c1csc(-c2cnn(-c3ccccc3)c2)n1)C1CCNC1. The number of aromatic nitrogens is 3. The van der Waals surface area contributed by atoms with Crippen LogP contribution in [0, 0.1) is 0 Å². The Bertz CT molecular complexity index is 911. The molecule has 6 nitrogen and oxygen atoms in total. The minimum atomic E-state index is 0.0108. The first-order valence-corrected chi connectivity index (χ1v) is 10.1. The second-order valence-electron chi connectivity index (χ2n) is 7.00. The van der Waals surface area contributed by atoms with Crippen LogP contribution >= 0.6 is 11.3 Å². The standard InChI is InChI=1S/C20H23N5OS/c1-14(2)25(17-8-9-21-11-17)20(26)18-13-27-19(23-18)15-10-22-24(12-15)16-6-4-3-5-7-16/h3-7,10,12-14,17,21H,8-9,11H2,1-2H3. The van der Waals surface area contributed by atoms with Crippen LogP contribution in [0.25, 0.3) is 16.3 Å². The molecule has 1 aliphatic rings. The molecule has 1 amide bonds. The van der Waals surface area contributed by atoms with Crippen molar-refractivity contribution in [3.63, 3.8) is 0 Å². The summed E-state index contributed by atoms with van der Waals surface area (Å²) >= 11 is 1.48. The van der Waals surface area contributed by atoms with Crippen LogP contribution in [-0.2, 0) is 0 Å². The number of rotatable bonds is 5. The van der Waals surface area contributed by atoms with E-state index < -0.39 is 0 Å². The summed E-state index contributed by atoms with van der Waals surface area (Å²) < 4.78 is 1.82. The fourth-order valence-electron chi connectivity index (χ4n) is 3.49. The van der Waals surface area contributed by atoms with Gasteiger partial charge in [-0.2, -0.15) is 5.10 Å². The highest BCUT2D eigenvalue weighted by atomic mass is 32.1. The molecule has 1 aromatic carbocycles. The first kappa shape index (κ1) is 17.9. The number of carbonyl (C=O) groups is 1. The molecule has 0 aliphatic carbocycles. The van der Waals surface area contributed by atoms with Gasteiger partial charge in [-0.05, 0) is 38.9 Å². The van der Waals surface area contributed by atoms with Crippen molar-refractivity contribution in [3.05, 3.63) is 53.8 Å². The van der Waals surface area contributed by atoms with E-state index in [1.807, 2.05) is 51.5 Å². The van der Waals surface area contributed by atoms with Gasteiger partial charge in [0.1, 0.15) is 10.7 Å². The van der Waals surface area contributed by atoms with Crippen molar-refractivity contribution in [3.8, 4) is 16.3 Å². The Kier molecular flexibility index (Phi) is 5.05. The summed E-state index contributed by atoms with van der Waals surface area (Å²) in [6.45, 7) is 5.94. The number of para-hydroxylation sites is 1. The summed E-state index contributed by atoms with van der Waals surface area (Å²) in [5, 5.41) is 10.4. The van der Waals surface area contributed by atoms with Crippen molar-refractivity contribution < 1.29 is 4.79 Å². The quantitative estimate of drug-likeness (QED) is 0.737. The van der Waals surface area contributed by atoms with E-state index in [2.05, 4.69) is 29.2 Å². The smallest absolute Gasteiger partial charge is 0.273 e. The second-order valence-corrected chi connectivity index (χ2v) is 7.86. The molecule has 0 saturated carbocycles. The van der Waals surface area contributed by atoms with E-state index in [9.17, 15) is 4.79 Å². The van der Waals surface area contributed by atoms with Gasteiger partial charge in [0.15, 0.2) is 0 Å². The Balaban J connectivity index is 1.56. The highest BCUT2D eigenvalue weighted by Gasteiger charge is 2.30. The Labute approximate surface area is 162 Å². The lowest BCUT2D eigenvalue weighted by Crippen LogP contribution is -2.46. The first-order valence-electron chi connectivity index (χ1n) is 9.23. The minimum absolute atomic E-state index is 0.0108. The molecule has 0 bridgehead atoms. The van der Waals surface area contributed by atoms with Crippen molar-refractivity contribution in [1.29, 1.82) is 0 Å². The van der Waals surface area contributed by atoms with Gasteiger partial charge in [-0.15, -0.1) is 11.3 Å². The third kappa shape index (κ3) is 3.65. The zero-order chi connectivity index (χ0) is 18.8. The molecule has 3 aromatic rings. The molecule has 1 saturated heterocycles. The van der Waals surface area contributed by atoms with Gasteiger partial charge in [0.25, 0.3) is 5.91 Å². The van der Waals surface area contributed by atoms with E-state index >= 15 is 0 Å². The highest BCUT2D eigenvalue weighted by molar-refractivity contribution is 7.13. The van der Waals surface area contributed by atoms with Crippen molar-refractivity contribution in [1.82, 2.24) is 25.0 Å². The fraction of sp³-hybridized carbons (Fsp3) is 0.350. The summed E-state index contributed by atoms with van der Waals surface area (Å²) in [7, 11) is 0. The van der Waals surface area contributed by atoms with Gasteiger partial charge in [-0.1, -0.05) is 18.2 Å². The van der Waals surface area contributed by atoms with E-state index in [-0.39, 0.29) is 18.0 Å². The summed E-state index contributed by atoms with van der Waals surface area (Å²) in [6.07, 6.45) is 4.73. The molecule has 27 heavy (non-hydrogen) atoms. The summed E-state index contributed by atoms with van der Waals surface area (Å²) in [5.41, 5.74) is 2.43. The van der Waals surface area contributed by atoms with Gasteiger partial charge in [0.2, 0.25) is 0 Å². The molecular formula is C20H23N5OS. The number of hydrogen-bond acceptors (Lipinski definition) is 5. The first-order chi connectivity index (χ1) is 13.1.